The molecule has 0 bridgehead atoms. The van der Waals surface area contributed by atoms with Crippen molar-refractivity contribution in [3.63, 3.8) is 0 Å². The molecule has 3 aromatic carbocycles. The van der Waals surface area contributed by atoms with Gasteiger partial charge in [0, 0.05) is 0 Å². The number of rotatable bonds is 10. The van der Waals surface area contributed by atoms with Gasteiger partial charge >= 0.3 is 0 Å². The molecule has 0 heterocycles. The van der Waals surface area contributed by atoms with Gasteiger partial charge in [-0.15, -0.1) is 0 Å². The lowest BCUT2D eigenvalue weighted by Gasteiger charge is -2.27. The fraction of sp³-hybridized carbons (Fsp3) is 0.269. The summed E-state index contributed by atoms with van der Waals surface area (Å²) in [6.07, 6.45) is 0.677. The van der Waals surface area contributed by atoms with Crippen molar-refractivity contribution in [1.29, 1.82) is 0 Å². The summed E-state index contributed by atoms with van der Waals surface area (Å²) in [4.78, 5) is 13.3. The van der Waals surface area contributed by atoms with Crippen molar-refractivity contribution in [1.82, 2.24) is 5.32 Å². The van der Waals surface area contributed by atoms with Gasteiger partial charge in [-0.05, 0) is 60.4 Å². The summed E-state index contributed by atoms with van der Waals surface area (Å²) in [6.45, 7) is 3.69. The third-order valence-corrected chi connectivity index (χ3v) is 7.90. The summed E-state index contributed by atoms with van der Waals surface area (Å²) < 4.78 is 33.3. The Morgan fingerprint density at radius 3 is 2.20 bits per heavy atom. The molecular weight excluding hydrogens is 507 g/mol. The van der Waals surface area contributed by atoms with E-state index in [2.05, 4.69) is 19.2 Å². The van der Waals surface area contributed by atoms with Gasteiger partial charge in [-0.25, -0.2) is 8.42 Å². The average molecular weight is 535 g/mol. The highest BCUT2D eigenvalue weighted by molar-refractivity contribution is 7.92. The van der Waals surface area contributed by atoms with Gasteiger partial charge < -0.3 is 10.1 Å². The molecule has 0 aliphatic rings. The van der Waals surface area contributed by atoms with Gasteiger partial charge in [-0.3, -0.25) is 9.10 Å². The largest absolute Gasteiger partial charge is 0.497 e. The zero-order valence-corrected chi connectivity index (χ0v) is 22.1. The van der Waals surface area contributed by atoms with E-state index in [0.717, 1.165) is 9.87 Å². The van der Waals surface area contributed by atoms with Crippen molar-refractivity contribution >= 4 is 44.8 Å². The van der Waals surface area contributed by atoms with E-state index in [4.69, 9.17) is 27.9 Å². The lowest BCUT2D eigenvalue weighted by molar-refractivity contribution is -0.120. The summed E-state index contributed by atoms with van der Waals surface area (Å²) in [5.74, 6) is 0.557. The number of nitrogens with zero attached hydrogens (tertiary/aromatic N) is 1. The number of nitrogens with one attached hydrogen (secondary N) is 1. The van der Waals surface area contributed by atoms with Gasteiger partial charge in [0.2, 0.25) is 5.91 Å². The predicted molar refractivity (Wildman–Crippen MR) is 141 cm³/mol. The maximum atomic E-state index is 13.5. The molecule has 0 aromatic heterocycles. The second-order valence-electron chi connectivity index (χ2n) is 8.45. The third kappa shape index (κ3) is 6.90. The first kappa shape index (κ1) is 26.9. The van der Waals surface area contributed by atoms with Crippen molar-refractivity contribution in [2.45, 2.75) is 31.2 Å². The first-order valence-corrected chi connectivity index (χ1v) is 13.3. The highest BCUT2D eigenvalue weighted by Gasteiger charge is 2.28. The minimum atomic E-state index is -4.06. The van der Waals surface area contributed by atoms with E-state index >= 15 is 0 Å². The van der Waals surface area contributed by atoms with Crippen molar-refractivity contribution < 1.29 is 17.9 Å². The number of ether oxygens (including phenoxy) is 1. The molecule has 3 rings (SSSR count). The average Bonchev–Trinajstić information content (AvgIpc) is 2.84. The Kier molecular flexibility index (Phi) is 9.05. The van der Waals surface area contributed by atoms with Crippen LogP contribution in [-0.2, 0) is 14.8 Å². The molecule has 9 heteroatoms. The van der Waals surface area contributed by atoms with Crippen LogP contribution in [-0.4, -0.2) is 28.0 Å². The van der Waals surface area contributed by atoms with Crippen LogP contribution < -0.4 is 14.4 Å². The maximum Gasteiger partial charge on any atom is 0.264 e. The summed E-state index contributed by atoms with van der Waals surface area (Å²) in [6, 6.07) is 19.6. The van der Waals surface area contributed by atoms with Crippen LogP contribution in [0.25, 0.3) is 0 Å². The number of halogens is 2. The fourth-order valence-electron chi connectivity index (χ4n) is 3.63. The monoisotopic (exact) mass is 534 g/mol. The van der Waals surface area contributed by atoms with Crippen LogP contribution in [0, 0.1) is 5.92 Å². The molecule has 1 amide bonds. The number of carbonyl (C=O) groups excluding carboxylic acids is 1. The highest BCUT2D eigenvalue weighted by atomic mass is 35.5. The molecule has 0 saturated heterocycles. The molecular formula is C26H28Cl2N2O4S. The SMILES string of the molecule is COc1ccc(C(CC(C)C)NC(=O)CN(c2ccc(Cl)c(Cl)c2)S(=O)(=O)c2ccccc2)cc1. The maximum absolute atomic E-state index is 13.5. The molecule has 1 atom stereocenters. The van der Waals surface area contributed by atoms with Gasteiger partial charge in [0.25, 0.3) is 10.0 Å². The molecule has 0 radical (unpaired) electrons. The Morgan fingerprint density at radius 2 is 1.63 bits per heavy atom. The van der Waals surface area contributed by atoms with E-state index in [-0.39, 0.29) is 26.7 Å². The normalized spacial score (nSPS) is 12.3. The first-order chi connectivity index (χ1) is 16.6. The molecule has 0 fully saturated rings. The van der Waals surface area contributed by atoms with Crippen LogP contribution in [0.2, 0.25) is 10.0 Å². The number of anilines is 1. The molecule has 0 saturated carbocycles. The molecule has 1 unspecified atom stereocenters. The van der Waals surface area contributed by atoms with Crippen LogP contribution in [0.4, 0.5) is 5.69 Å². The quantitative estimate of drug-likeness (QED) is 0.340. The topological polar surface area (TPSA) is 75.7 Å². The molecule has 1 N–H and O–H groups in total. The van der Waals surface area contributed by atoms with Crippen LogP contribution in [0.5, 0.6) is 5.75 Å². The minimum Gasteiger partial charge on any atom is -0.497 e. The number of carbonyl (C=O) groups is 1. The minimum absolute atomic E-state index is 0.0627. The molecule has 0 aliphatic heterocycles. The third-order valence-electron chi connectivity index (χ3n) is 5.37. The van der Waals surface area contributed by atoms with Crippen molar-refractivity contribution in [3.05, 3.63) is 88.4 Å². The Morgan fingerprint density at radius 1 is 0.971 bits per heavy atom. The van der Waals surface area contributed by atoms with Crippen LogP contribution in [0.15, 0.2) is 77.7 Å². The van der Waals surface area contributed by atoms with Gasteiger partial charge in [-0.1, -0.05) is 67.4 Å². The second-order valence-corrected chi connectivity index (χ2v) is 11.1. The summed E-state index contributed by atoms with van der Waals surface area (Å²) in [5.41, 5.74) is 1.14. The number of benzene rings is 3. The van der Waals surface area contributed by atoms with E-state index in [1.54, 1.807) is 25.3 Å². The van der Waals surface area contributed by atoms with Crippen molar-refractivity contribution in [3.8, 4) is 5.75 Å². The van der Waals surface area contributed by atoms with E-state index in [9.17, 15) is 13.2 Å². The number of sulfonamides is 1. The van der Waals surface area contributed by atoms with Gasteiger partial charge in [0.05, 0.1) is 33.8 Å². The Balaban J connectivity index is 1.93. The summed E-state index contributed by atoms with van der Waals surface area (Å²) >= 11 is 12.2. The Hall–Kier alpha value is -2.74. The summed E-state index contributed by atoms with van der Waals surface area (Å²) in [7, 11) is -2.47. The van der Waals surface area contributed by atoms with E-state index in [1.165, 1.54) is 30.3 Å². The van der Waals surface area contributed by atoms with Crippen molar-refractivity contribution in [2.75, 3.05) is 18.0 Å². The molecule has 0 spiro atoms. The van der Waals surface area contributed by atoms with Crippen LogP contribution in [0.1, 0.15) is 31.9 Å². The van der Waals surface area contributed by atoms with E-state index in [1.807, 2.05) is 24.3 Å². The molecule has 186 valence electrons. The molecule has 35 heavy (non-hydrogen) atoms. The standard InChI is InChI=1S/C26H28Cl2N2O4S/c1-18(2)15-25(19-9-12-21(34-3)13-10-19)29-26(31)17-30(20-11-14-23(27)24(28)16-20)35(32,33)22-7-5-4-6-8-22/h4-14,16,18,25H,15,17H2,1-3H3,(H,29,31). The van der Waals surface area contributed by atoms with Gasteiger partial charge in [0.15, 0.2) is 0 Å². The van der Waals surface area contributed by atoms with Crippen LogP contribution in [0.3, 0.4) is 0 Å². The zero-order valence-electron chi connectivity index (χ0n) is 19.7. The Labute approximate surface area is 216 Å². The zero-order chi connectivity index (χ0) is 25.6. The molecule has 0 aliphatic carbocycles. The smallest absolute Gasteiger partial charge is 0.264 e. The van der Waals surface area contributed by atoms with Crippen LogP contribution >= 0.6 is 23.2 Å². The Bertz CT molecular complexity index is 1250. The molecule has 6 nitrogen and oxygen atoms in total. The lowest BCUT2D eigenvalue weighted by Crippen LogP contribution is -2.42. The highest BCUT2D eigenvalue weighted by Crippen LogP contribution is 2.31. The second kappa shape index (κ2) is 11.8. The number of hydrogen-bond acceptors (Lipinski definition) is 4. The predicted octanol–water partition coefficient (Wildman–Crippen LogP) is 6.10. The van der Waals surface area contributed by atoms with Crippen molar-refractivity contribution in [2.24, 2.45) is 5.92 Å². The number of methoxy groups -OCH3 is 1. The first-order valence-electron chi connectivity index (χ1n) is 11.1. The van der Waals surface area contributed by atoms with E-state index in [0.29, 0.717) is 18.1 Å². The van der Waals surface area contributed by atoms with Gasteiger partial charge in [-0.2, -0.15) is 0 Å². The van der Waals surface area contributed by atoms with Gasteiger partial charge in [0.1, 0.15) is 12.3 Å². The van der Waals surface area contributed by atoms with E-state index < -0.39 is 22.5 Å². The number of amides is 1. The molecule has 3 aromatic rings. The fourth-order valence-corrected chi connectivity index (χ4v) is 5.36. The lowest BCUT2D eigenvalue weighted by atomic mass is 9.97. The number of hydrogen-bond donors (Lipinski definition) is 1. The summed E-state index contributed by atoms with van der Waals surface area (Å²) in [5, 5.41) is 3.48.